The van der Waals surface area contributed by atoms with E-state index in [1.54, 1.807) is 0 Å². The molecule has 0 aliphatic rings. The van der Waals surface area contributed by atoms with Crippen molar-refractivity contribution in [2.75, 3.05) is 0 Å². The first-order chi connectivity index (χ1) is 2.00. The van der Waals surface area contributed by atoms with Crippen molar-refractivity contribution in [3.63, 3.8) is 0 Å². The molecule has 0 aliphatic heterocycles. The van der Waals surface area contributed by atoms with Gasteiger partial charge in [-0.1, -0.05) is 0 Å². The molecule has 0 rings (SSSR count). The first kappa shape index (κ1) is 23.9. The van der Waals surface area contributed by atoms with Crippen molar-refractivity contribution in [1.82, 2.24) is 0 Å². The van der Waals surface area contributed by atoms with Gasteiger partial charge in [-0.05, 0) is 0 Å². The number of hydrogen-bond donors (Lipinski definition) is 0. The van der Waals surface area contributed by atoms with E-state index in [0.29, 0.717) is 0 Å². The Kier molecular flexibility index (Phi) is 21.8. The molecule has 6 nitrogen and oxygen atoms in total. The fourth-order valence-electron chi connectivity index (χ4n) is 0. The van der Waals surface area contributed by atoms with Gasteiger partial charge in [0.15, 0.2) is 0 Å². The third-order valence-electron chi connectivity index (χ3n) is 0. The fourth-order valence-corrected chi connectivity index (χ4v) is 0. The van der Waals surface area contributed by atoms with Crippen molar-refractivity contribution in [1.29, 1.82) is 0 Å². The van der Waals surface area contributed by atoms with Crippen LogP contribution in [-0.4, -0.2) is 28.5 Å². The summed E-state index contributed by atoms with van der Waals surface area (Å²) < 4.78 is 34.1. The fraction of sp³-hybridized carbons (Fsp3) is 0. The Morgan fingerprint density at radius 3 is 1.12 bits per heavy atom. The molecule has 0 aromatic carbocycles. The molecule has 0 spiro atoms. The second-order valence-corrected chi connectivity index (χ2v) is 1.22. The van der Waals surface area contributed by atoms with Crippen molar-refractivity contribution >= 4 is 10.4 Å². The zero-order valence-electron chi connectivity index (χ0n) is 3.29. The van der Waals surface area contributed by atoms with Crippen LogP contribution >= 0.6 is 0 Å². The van der Waals surface area contributed by atoms with Crippen LogP contribution in [-0.2, 0) is 27.5 Å². The molecule has 59 valence electrons. The molecule has 0 aromatic heterocycles. The van der Waals surface area contributed by atoms with Crippen LogP contribution in [0.15, 0.2) is 0 Å². The van der Waals surface area contributed by atoms with Gasteiger partial charge in [0.25, 0.3) is 0 Å². The van der Waals surface area contributed by atoms with Crippen LogP contribution in [0.4, 0.5) is 0 Å². The molecule has 0 saturated heterocycles. The average molecular weight is 195 g/mol. The summed E-state index contributed by atoms with van der Waals surface area (Å²) in [5, 5.41) is 0. The predicted octanol–water partition coefficient (Wildman–Crippen LogP) is -2.34. The minimum Gasteiger partial charge on any atom is -0.870 e. The van der Waals surface area contributed by atoms with Crippen molar-refractivity contribution in [2.24, 2.45) is 0 Å². The molecule has 8 heteroatoms. The van der Waals surface area contributed by atoms with Gasteiger partial charge in [0.05, 0.1) is 0 Å². The van der Waals surface area contributed by atoms with Crippen molar-refractivity contribution in [2.45, 2.75) is 0 Å². The Balaban J connectivity index is -0.0000000267. The molecule has 0 saturated carbocycles. The van der Waals surface area contributed by atoms with Gasteiger partial charge >= 0.3 is 0 Å². The van der Waals surface area contributed by atoms with Gasteiger partial charge in [0, 0.05) is 27.5 Å². The van der Waals surface area contributed by atoms with E-state index in [1.807, 2.05) is 0 Å². The van der Waals surface area contributed by atoms with Gasteiger partial charge in [0.2, 0.25) is 0 Å². The van der Waals surface area contributed by atoms with Crippen LogP contribution in [0.5, 0.6) is 0 Å². The summed E-state index contributed by atoms with van der Waals surface area (Å²) in [6.45, 7) is 0. The van der Waals surface area contributed by atoms with E-state index in [1.165, 1.54) is 0 Å². The van der Waals surface area contributed by atoms with Crippen molar-refractivity contribution in [3.05, 3.63) is 0 Å². The van der Waals surface area contributed by atoms with Gasteiger partial charge < -0.3 is 20.1 Å². The van der Waals surface area contributed by atoms with Gasteiger partial charge in [-0.15, -0.1) is 0 Å². The van der Waals surface area contributed by atoms with Gasteiger partial charge in [0.1, 0.15) is 0 Å². The number of hydrogen-bond acceptors (Lipinski definition) is 5. The summed E-state index contributed by atoms with van der Waals surface area (Å²) in [4.78, 5) is 0. The second kappa shape index (κ2) is 7.31. The maximum absolute atomic E-state index is 8.52. The van der Waals surface area contributed by atoms with E-state index in [4.69, 9.17) is 17.5 Å². The van der Waals surface area contributed by atoms with E-state index in [-0.39, 0.29) is 28.0 Å². The van der Waals surface area contributed by atoms with Crippen LogP contribution in [0.25, 0.3) is 0 Å². The average Bonchev–Trinajstić information content (AvgIpc) is 0.722. The quantitative estimate of drug-likeness (QED) is 0.241. The molecule has 0 aromatic rings. The molecule has 1 radical (unpaired) electrons. The maximum atomic E-state index is 8.52. The Bertz CT molecular complexity index is 91.7. The Morgan fingerprint density at radius 1 is 1.12 bits per heavy atom. The van der Waals surface area contributed by atoms with Gasteiger partial charge in [-0.25, -0.2) is 0 Å². The van der Waals surface area contributed by atoms with Crippen LogP contribution in [0, 0.1) is 0 Å². The summed E-state index contributed by atoms with van der Waals surface area (Å²) in [6.07, 6.45) is 0. The van der Waals surface area contributed by atoms with Crippen LogP contribution in [0.3, 0.4) is 0 Å². The van der Waals surface area contributed by atoms with E-state index in [0.717, 1.165) is 0 Å². The molecule has 0 bridgehead atoms. The SMILES string of the molecule is O.O=S(=O)([O-])[O-].[Cu].[OH-]. The number of rotatable bonds is 0. The summed E-state index contributed by atoms with van der Waals surface area (Å²) >= 11 is 0. The minimum absolute atomic E-state index is 0. The Morgan fingerprint density at radius 2 is 1.12 bits per heavy atom. The smallest absolute Gasteiger partial charge is 0.0311 e. The van der Waals surface area contributed by atoms with E-state index >= 15 is 0 Å². The van der Waals surface area contributed by atoms with Crippen molar-refractivity contribution < 1.29 is 45.5 Å². The topological polar surface area (TPSA) is 142 Å². The third kappa shape index (κ3) is 1860. The van der Waals surface area contributed by atoms with Crippen molar-refractivity contribution in [3.8, 4) is 0 Å². The van der Waals surface area contributed by atoms with Crippen LogP contribution in [0.2, 0.25) is 0 Å². The third-order valence-corrected chi connectivity index (χ3v) is 0. The Hall–Kier alpha value is 0.309. The molecule has 0 unspecified atom stereocenters. The van der Waals surface area contributed by atoms with Gasteiger partial charge in [-0.3, -0.25) is 8.42 Å². The molecular weight excluding hydrogens is 192 g/mol. The predicted molar refractivity (Wildman–Crippen MR) is 16.0 cm³/mol. The zero-order chi connectivity index (χ0) is 4.50. The molecule has 0 atom stereocenters. The largest absolute Gasteiger partial charge is 0.870 e. The summed E-state index contributed by atoms with van der Waals surface area (Å²) in [5.74, 6) is 0. The molecule has 0 amide bonds. The second-order valence-electron chi connectivity index (χ2n) is 0.408. The molecule has 0 fully saturated rings. The monoisotopic (exact) mass is 194 g/mol. The Labute approximate surface area is 56.6 Å². The minimum atomic E-state index is -5.17. The zero-order valence-corrected chi connectivity index (χ0v) is 5.05. The van der Waals surface area contributed by atoms with Crippen LogP contribution in [0.1, 0.15) is 0 Å². The van der Waals surface area contributed by atoms with Crippen LogP contribution < -0.4 is 0 Å². The first-order valence-electron chi connectivity index (χ1n) is 0.667. The molecule has 3 N–H and O–H groups in total. The van der Waals surface area contributed by atoms with E-state index < -0.39 is 10.4 Å². The molecular formula is H3CuO6S-3. The normalized spacial score (nSPS) is 7.25. The summed E-state index contributed by atoms with van der Waals surface area (Å²) in [6, 6.07) is 0. The standard InChI is InChI=1S/Cu.H2O4S.2H2O/c;1-5(2,3)4;;/h;(H2,1,2,3,4);2*1H2/p-3. The van der Waals surface area contributed by atoms with E-state index in [2.05, 4.69) is 0 Å². The summed E-state index contributed by atoms with van der Waals surface area (Å²) in [7, 11) is -5.17. The molecule has 8 heavy (non-hydrogen) atoms. The maximum Gasteiger partial charge on any atom is 0.0311 e. The summed E-state index contributed by atoms with van der Waals surface area (Å²) in [5.41, 5.74) is 0. The van der Waals surface area contributed by atoms with Gasteiger partial charge in [-0.2, -0.15) is 0 Å². The first-order valence-corrected chi connectivity index (χ1v) is 2.00. The molecule has 0 heterocycles. The van der Waals surface area contributed by atoms with E-state index in [9.17, 15) is 0 Å². The molecule has 0 aliphatic carbocycles.